The van der Waals surface area contributed by atoms with E-state index < -0.39 is 0 Å². The van der Waals surface area contributed by atoms with Crippen LogP contribution in [-0.4, -0.2) is 5.78 Å². The van der Waals surface area contributed by atoms with Crippen molar-refractivity contribution in [2.24, 2.45) is 5.92 Å². The maximum atomic E-state index is 12.0. The molecule has 2 heteroatoms. The molecule has 0 amide bonds. The number of ketones is 1. The van der Waals surface area contributed by atoms with Crippen molar-refractivity contribution >= 4 is 17.1 Å². The van der Waals surface area contributed by atoms with E-state index in [4.69, 9.17) is 0 Å². The number of Topliss-reactive ketones (excluding diaryl/α,β-unsaturated/α-hetero) is 1. The zero-order chi connectivity index (χ0) is 11.1. The van der Waals surface area contributed by atoms with Gasteiger partial charge in [-0.1, -0.05) is 32.8 Å². The van der Waals surface area contributed by atoms with Gasteiger partial charge in [-0.2, -0.15) is 0 Å². The Bertz CT molecular complexity index is 271. The van der Waals surface area contributed by atoms with Crippen LogP contribution in [0.15, 0.2) is 17.5 Å². The molecule has 0 radical (unpaired) electrons. The molecule has 84 valence electrons. The van der Waals surface area contributed by atoms with Gasteiger partial charge in [0.2, 0.25) is 0 Å². The lowest BCUT2D eigenvalue weighted by Gasteiger charge is -2.13. The van der Waals surface area contributed by atoms with E-state index in [9.17, 15) is 4.79 Å². The van der Waals surface area contributed by atoms with Gasteiger partial charge in [-0.05, 0) is 24.3 Å². The number of thiophene rings is 1. The fourth-order valence-electron chi connectivity index (χ4n) is 1.89. The van der Waals surface area contributed by atoms with Crippen LogP contribution in [0.1, 0.15) is 44.4 Å². The zero-order valence-electron chi connectivity index (χ0n) is 9.66. The second-order valence-electron chi connectivity index (χ2n) is 4.00. The van der Waals surface area contributed by atoms with Crippen molar-refractivity contribution in [2.75, 3.05) is 0 Å². The van der Waals surface area contributed by atoms with Gasteiger partial charge in [0.05, 0.1) is 0 Å². The van der Waals surface area contributed by atoms with Gasteiger partial charge in [0, 0.05) is 17.2 Å². The first-order valence-electron chi connectivity index (χ1n) is 5.83. The molecular weight excluding hydrogens is 204 g/mol. The van der Waals surface area contributed by atoms with Gasteiger partial charge in [-0.3, -0.25) is 4.79 Å². The summed E-state index contributed by atoms with van der Waals surface area (Å²) >= 11 is 1.68. The van der Waals surface area contributed by atoms with Crippen LogP contribution in [0.5, 0.6) is 0 Å². The Morgan fingerprint density at radius 1 is 1.33 bits per heavy atom. The Balaban J connectivity index is 2.48. The maximum Gasteiger partial charge on any atom is 0.141 e. The number of hydrogen-bond acceptors (Lipinski definition) is 2. The van der Waals surface area contributed by atoms with Crippen molar-refractivity contribution in [2.45, 2.75) is 46.0 Å². The van der Waals surface area contributed by atoms with E-state index in [1.165, 1.54) is 4.88 Å². The molecule has 0 aromatic carbocycles. The van der Waals surface area contributed by atoms with Crippen LogP contribution in [0.25, 0.3) is 0 Å². The lowest BCUT2D eigenvalue weighted by molar-refractivity contribution is -0.122. The maximum absolute atomic E-state index is 12.0. The van der Waals surface area contributed by atoms with Crippen molar-refractivity contribution in [3.63, 3.8) is 0 Å². The number of carbonyl (C=O) groups is 1. The Hall–Kier alpha value is -0.630. The lowest BCUT2D eigenvalue weighted by atomic mass is 9.92. The molecule has 1 aromatic rings. The minimum Gasteiger partial charge on any atom is -0.299 e. The topological polar surface area (TPSA) is 17.1 Å². The SMILES string of the molecule is CCCC(CCC)C(=O)Cc1cccs1. The second kappa shape index (κ2) is 6.78. The molecule has 1 heterocycles. The first-order valence-corrected chi connectivity index (χ1v) is 6.71. The summed E-state index contributed by atoms with van der Waals surface area (Å²) in [5.74, 6) is 0.725. The summed E-state index contributed by atoms with van der Waals surface area (Å²) in [5.41, 5.74) is 0. The van der Waals surface area contributed by atoms with E-state index in [0.29, 0.717) is 18.1 Å². The third-order valence-electron chi connectivity index (χ3n) is 2.66. The summed E-state index contributed by atoms with van der Waals surface area (Å²) in [6, 6.07) is 4.07. The van der Waals surface area contributed by atoms with E-state index in [2.05, 4.69) is 19.9 Å². The predicted octanol–water partition coefficient (Wildman–Crippen LogP) is 4.08. The average Bonchev–Trinajstić information content (AvgIpc) is 2.70. The van der Waals surface area contributed by atoms with Gasteiger partial charge >= 0.3 is 0 Å². The first-order chi connectivity index (χ1) is 7.27. The third kappa shape index (κ3) is 4.17. The van der Waals surface area contributed by atoms with Gasteiger partial charge < -0.3 is 0 Å². The summed E-state index contributed by atoms with van der Waals surface area (Å²) < 4.78 is 0. The molecule has 0 N–H and O–H groups in total. The predicted molar refractivity (Wildman–Crippen MR) is 66.3 cm³/mol. The zero-order valence-corrected chi connectivity index (χ0v) is 10.5. The van der Waals surface area contributed by atoms with Crippen molar-refractivity contribution in [3.8, 4) is 0 Å². The molecular formula is C13H20OS. The van der Waals surface area contributed by atoms with Crippen LogP contribution in [0.4, 0.5) is 0 Å². The van der Waals surface area contributed by atoms with Crippen molar-refractivity contribution < 1.29 is 4.79 Å². The fourth-order valence-corrected chi connectivity index (χ4v) is 2.61. The molecule has 0 unspecified atom stereocenters. The summed E-state index contributed by atoms with van der Waals surface area (Å²) in [6.45, 7) is 4.31. The highest BCUT2D eigenvalue weighted by Gasteiger charge is 2.16. The average molecular weight is 224 g/mol. The Morgan fingerprint density at radius 3 is 2.47 bits per heavy atom. The van der Waals surface area contributed by atoms with Crippen LogP contribution in [0.2, 0.25) is 0 Å². The van der Waals surface area contributed by atoms with Crippen molar-refractivity contribution in [1.82, 2.24) is 0 Å². The van der Waals surface area contributed by atoms with Gasteiger partial charge in [-0.25, -0.2) is 0 Å². The molecule has 15 heavy (non-hydrogen) atoms. The van der Waals surface area contributed by atoms with Crippen LogP contribution < -0.4 is 0 Å². The van der Waals surface area contributed by atoms with E-state index in [1.54, 1.807) is 11.3 Å². The van der Waals surface area contributed by atoms with Crippen LogP contribution >= 0.6 is 11.3 Å². The highest BCUT2D eigenvalue weighted by atomic mass is 32.1. The summed E-state index contributed by atoms with van der Waals surface area (Å²) in [4.78, 5) is 13.2. The summed E-state index contributed by atoms with van der Waals surface area (Å²) in [5, 5.41) is 2.04. The molecule has 1 aromatic heterocycles. The summed E-state index contributed by atoms with van der Waals surface area (Å²) in [7, 11) is 0. The highest BCUT2D eigenvalue weighted by molar-refractivity contribution is 7.10. The van der Waals surface area contributed by atoms with E-state index in [1.807, 2.05) is 11.4 Å². The van der Waals surface area contributed by atoms with Gasteiger partial charge in [0.25, 0.3) is 0 Å². The largest absolute Gasteiger partial charge is 0.299 e. The minimum atomic E-state index is 0.294. The molecule has 1 rings (SSSR count). The minimum absolute atomic E-state index is 0.294. The Labute approximate surface area is 96.5 Å². The van der Waals surface area contributed by atoms with E-state index >= 15 is 0 Å². The Kier molecular flexibility index (Phi) is 5.62. The second-order valence-corrected chi connectivity index (χ2v) is 5.03. The number of rotatable bonds is 7. The van der Waals surface area contributed by atoms with Crippen LogP contribution in [0.3, 0.4) is 0 Å². The molecule has 0 fully saturated rings. The molecule has 0 saturated carbocycles. The molecule has 0 atom stereocenters. The van der Waals surface area contributed by atoms with Gasteiger partial charge in [0.15, 0.2) is 0 Å². The first kappa shape index (κ1) is 12.4. The molecule has 0 spiro atoms. The molecule has 0 aliphatic carbocycles. The Morgan fingerprint density at radius 2 is 2.00 bits per heavy atom. The third-order valence-corrected chi connectivity index (χ3v) is 3.53. The van der Waals surface area contributed by atoms with Gasteiger partial charge in [-0.15, -0.1) is 11.3 Å². The molecule has 0 aliphatic heterocycles. The highest BCUT2D eigenvalue weighted by Crippen LogP contribution is 2.19. The molecule has 1 nitrogen and oxygen atoms in total. The summed E-state index contributed by atoms with van der Waals surface area (Å²) in [6.07, 6.45) is 4.97. The standard InChI is InChI=1S/C13H20OS/c1-3-6-11(7-4-2)13(14)10-12-8-5-9-15-12/h5,8-9,11H,3-4,6-7,10H2,1-2H3. The monoisotopic (exact) mass is 224 g/mol. The van der Waals surface area contributed by atoms with E-state index in [-0.39, 0.29) is 0 Å². The van der Waals surface area contributed by atoms with E-state index in [0.717, 1.165) is 25.7 Å². The van der Waals surface area contributed by atoms with Crippen LogP contribution in [-0.2, 0) is 11.2 Å². The number of hydrogen-bond donors (Lipinski definition) is 0. The van der Waals surface area contributed by atoms with Gasteiger partial charge in [0.1, 0.15) is 5.78 Å². The molecule has 0 bridgehead atoms. The normalized spacial score (nSPS) is 10.9. The lowest BCUT2D eigenvalue weighted by Crippen LogP contribution is -2.16. The fraction of sp³-hybridized carbons (Fsp3) is 0.615. The van der Waals surface area contributed by atoms with Crippen molar-refractivity contribution in [3.05, 3.63) is 22.4 Å². The van der Waals surface area contributed by atoms with Crippen LogP contribution in [0, 0.1) is 5.92 Å². The smallest absolute Gasteiger partial charge is 0.141 e. The molecule has 0 saturated heterocycles. The quantitative estimate of drug-likeness (QED) is 0.682. The van der Waals surface area contributed by atoms with Crippen molar-refractivity contribution in [1.29, 1.82) is 0 Å². The molecule has 0 aliphatic rings. The number of carbonyl (C=O) groups excluding carboxylic acids is 1.